The molecule has 0 radical (unpaired) electrons. The summed E-state index contributed by atoms with van der Waals surface area (Å²) in [5.41, 5.74) is 0. The molecule has 3 heteroatoms. The van der Waals surface area contributed by atoms with Crippen molar-refractivity contribution in [2.75, 3.05) is 26.7 Å². The molecule has 0 aromatic heterocycles. The van der Waals surface area contributed by atoms with Crippen molar-refractivity contribution in [3.63, 3.8) is 0 Å². The normalized spacial score (nSPS) is 28.6. The van der Waals surface area contributed by atoms with Gasteiger partial charge in [-0.05, 0) is 52.0 Å². The van der Waals surface area contributed by atoms with Crippen molar-refractivity contribution in [3.05, 3.63) is 0 Å². The summed E-state index contributed by atoms with van der Waals surface area (Å²) in [7, 11) is 1.82. The lowest BCUT2D eigenvalue weighted by Gasteiger charge is -2.34. The molecule has 1 heterocycles. The maximum Gasteiger partial charge on any atom is 0.0695 e. The third kappa shape index (κ3) is 3.94. The smallest absolute Gasteiger partial charge is 0.0695 e. The zero-order valence-electron chi connectivity index (χ0n) is 11.6. The van der Waals surface area contributed by atoms with E-state index in [1.54, 1.807) is 0 Å². The average Bonchev–Trinajstić information content (AvgIpc) is 3.00. The molecule has 2 fully saturated rings. The van der Waals surface area contributed by atoms with Gasteiger partial charge in [0.05, 0.1) is 6.10 Å². The molecule has 1 aliphatic carbocycles. The molecular formula is C14H28N2O. The zero-order valence-corrected chi connectivity index (χ0v) is 11.6. The standard InChI is InChI=1S/C14H28N2O/c1-11(12(2)17-3)16(9-13-6-7-13)10-14-5-4-8-15-14/h11-15H,4-10H2,1-3H3. The van der Waals surface area contributed by atoms with Gasteiger partial charge in [-0.3, -0.25) is 4.90 Å². The van der Waals surface area contributed by atoms with E-state index in [1.807, 2.05) is 7.11 Å². The first kappa shape index (κ1) is 13.3. The van der Waals surface area contributed by atoms with Crippen LogP contribution in [0.2, 0.25) is 0 Å². The predicted molar refractivity (Wildman–Crippen MR) is 71.3 cm³/mol. The highest BCUT2D eigenvalue weighted by atomic mass is 16.5. The first-order chi connectivity index (χ1) is 8.20. The Kier molecular flexibility index (Phi) is 4.83. The van der Waals surface area contributed by atoms with Crippen molar-refractivity contribution in [2.24, 2.45) is 5.92 Å². The lowest BCUT2D eigenvalue weighted by Crippen LogP contribution is -2.47. The fourth-order valence-electron chi connectivity index (χ4n) is 2.73. The Morgan fingerprint density at radius 2 is 2.00 bits per heavy atom. The Bertz CT molecular complexity index is 224. The van der Waals surface area contributed by atoms with E-state index in [9.17, 15) is 0 Å². The second-order valence-electron chi connectivity index (χ2n) is 5.87. The quantitative estimate of drug-likeness (QED) is 0.735. The third-order valence-corrected chi connectivity index (χ3v) is 4.43. The molecule has 0 bridgehead atoms. The van der Waals surface area contributed by atoms with Crippen LogP contribution in [0.3, 0.4) is 0 Å². The summed E-state index contributed by atoms with van der Waals surface area (Å²) in [6.45, 7) is 8.17. The number of nitrogens with zero attached hydrogens (tertiary/aromatic N) is 1. The molecule has 3 unspecified atom stereocenters. The van der Waals surface area contributed by atoms with Gasteiger partial charge < -0.3 is 10.1 Å². The maximum absolute atomic E-state index is 5.50. The molecule has 1 N–H and O–H groups in total. The van der Waals surface area contributed by atoms with Crippen LogP contribution in [0.1, 0.15) is 39.5 Å². The van der Waals surface area contributed by atoms with E-state index in [4.69, 9.17) is 4.74 Å². The van der Waals surface area contributed by atoms with Crippen LogP contribution < -0.4 is 5.32 Å². The number of methoxy groups -OCH3 is 1. The fraction of sp³-hybridized carbons (Fsp3) is 1.00. The third-order valence-electron chi connectivity index (χ3n) is 4.43. The average molecular weight is 240 g/mol. The Morgan fingerprint density at radius 3 is 2.53 bits per heavy atom. The summed E-state index contributed by atoms with van der Waals surface area (Å²) in [5, 5.41) is 3.61. The maximum atomic E-state index is 5.50. The van der Waals surface area contributed by atoms with Crippen LogP contribution in [0.25, 0.3) is 0 Å². The molecule has 100 valence electrons. The highest BCUT2D eigenvalue weighted by molar-refractivity contribution is 4.86. The van der Waals surface area contributed by atoms with E-state index in [0.29, 0.717) is 18.2 Å². The van der Waals surface area contributed by atoms with Gasteiger partial charge in [0.1, 0.15) is 0 Å². The molecule has 3 nitrogen and oxygen atoms in total. The topological polar surface area (TPSA) is 24.5 Å². The second-order valence-corrected chi connectivity index (χ2v) is 5.87. The van der Waals surface area contributed by atoms with Crippen molar-refractivity contribution in [2.45, 2.75) is 57.7 Å². The van der Waals surface area contributed by atoms with Crippen LogP contribution in [-0.4, -0.2) is 49.8 Å². The Labute approximate surface area is 106 Å². The number of nitrogens with one attached hydrogen (secondary N) is 1. The molecule has 1 saturated heterocycles. The second kappa shape index (κ2) is 6.17. The van der Waals surface area contributed by atoms with Crippen LogP contribution >= 0.6 is 0 Å². The molecule has 1 aliphatic heterocycles. The summed E-state index contributed by atoms with van der Waals surface area (Å²) in [6.07, 6.45) is 5.88. The Hall–Kier alpha value is -0.120. The monoisotopic (exact) mass is 240 g/mol. The summed E-state index contributed by atoms with van der Waals surface area (Å²) >= 11 is 0. The van der Waals surface area contributed by atoms with Crippen molar-refractivity contribution in [3.8, 4) is 0 Å². The molecule has 0 aromatic carbocycles. The van der Waals surface area contributed by atoms with E-state index in [0.717, 1.165) is 5.92 Å². The summed E-state index contributed by atoms with van der Waals surface area (Å²) in [5.74, 6) is 0.961. The van der Waals surface area contributed by atoms with Gasteiger partial charge in [-0.15, -0.1) is 0 Å². The van der Waals surface area contributed by atoms with Crippen LogP contribution in [0.5, 0.6) is 0 Å². The minimum absolute atomic E-state index is 0.329. The minimum Gasteiger partial charge on any atom is -0.380 e. The Balaban J connectivity index is 1.86. The summed E-state index contributed by atoms with van der Waals surface area (Å²) < 4.78 is 5.50. The molecule has 17 heavy (non-hydrogen) atoms. The van der Waals surface area contributed by atoms with E-state index in [-0.39, 0.29) is 0 Å². The van der Waals surface area contributed by atoms with E-state index in [1.165, 1.54) is 45.3 Å². The van der Waals surface area contributed by atoms with Crippen molar-refractivity contribution < 1.29 is 4.74 Å². The number of ether oxygens (including phenoxy) is 1. The lowest BCUT2D eigenvalue weighted by molar-refractivity contribution is 0.0280. The van der Waals surface area contributed by atoms with Crippen molar-refractivity contribution in [1.29, 1.82) is 0 Å². The fourth-order valence-corrected chi connectivity index (χ4v) is 2.73. The van der Waals surface area contributed by atoms with Gasteiger partial charge in [-0.25, -0.2) is 0 Å². The Morgan fingerprint density at radius 1 is 1.24 bits per heavy atom. The van der Waals surface area contributed by atoms with Crippen LogP contribution in [-0.2, 0) is 4.74 Å². The van der Waals surface area contributed by atoms with Gasteiger partial charge in [0.25, 0.3) is 0 Å². The summed E-state index contributed by atoms with van der Waals surface area (Å²) in [6, 6.07) is 1.24. The van der Waals surface area contributed by atoms with Gasteiger partial charge in [-0.1, -0.05) is 0 Å². The predicted octanol–water partition coefficient (Wildman–Crippen LogP) is 1.87. The van der Waals surface area contributed by atoms with Crippen molar-refractivity contribution >= 4 is 0 Å². The highest BCUT2D eigenvalue weighted by Gasteiger charge is 2.30. The summed E-state index contributed by atoms with van der Waals surface area (Å²) in [4.78, 5) is 2.65. The van der Waals surface area contributed by atoms with Crippen molar-refractivity contribution in [1.82, 2.24) is 10.2 Å². The zero-order chi connectivity index (χ0) is 12.3. The van der Waals surface area contributed by atoms with E-state index in [2.05, 4.69) is 24.1 Å². The lowest BCUT2D eigenvalue weighted by atomic mass is 10.1. The van der Waals surface area contributed by atoms with Gasteiger partial charge >= 0.3 is 0 Å². The van der Waals surface area contributed by atoms with Gasteiger partial charge in [-0.2, -0.15) is 0 Å². The molecule has 0 amide bonds. The molecule has 2 aliphatic rings. The largest absolute Gasteiger partial charge is 0.380 e. The molecular weight excluding hydrogens is 212 g/mol. The van der Waals surface area contributed by atoms with Gasteiger partial charge in [0.15, 0.2) is 0 Å². The number of rotatable bonds is 7. The van der Waals surface area contributed by atoms with Gasteiger partial charge in [0.2, 0.25) is 0 Å². The molecule has 1 saturated carbocycles. The van der Waals surface area contributed by atoms with Crippen LogP contribution in [0.4, 0.5) is 0 Å². The minimum atomic E-state index is 0.329. The van der Waals surface area contributed by atoms with Crippen LogP contribution in [0, 0.1) is 5.92 Å². The SMILES string of the molecule is COC(C)C(C)N(CC1CC1)CC1CCCN1. The van der Waals surface area contributed by atoms with E-state index < -0.39 is 0 Å². The number of hydrogen-bond acceptors (Lipinski definition) is 3. The van der Waals surface area contributed by atoms with Crippen LogP contribution in [0.15, 0.2) is 0 Å². The first-order valence-corrected chi connectivity index (χ1v) is 7.21. The molecule has 2 rings (SSSR count). The molecule has 0 aromatic rings. The molecule has 0 spiro atoms. The highest BCUT2D eigenvalue weighted by Crippen LogP contribution is 2.31. The number of hydrogen-bond donors (Lipinski definition) is 1. The molecule has 3 atom stereocenters. The first-order valence-electron chi connectivity index (χ1n) is 7.21. The van der Waals surface area contributed by atoms with E-state index >= 15 is 0 Å². The van der Waals surface area contributed by atoms with Gasteiger partial charge in [0, 0.05) is 32.3 Å².